The molecule has 1 aromatic heterocycles. The summed E-state index contributed by atoms with van der Waals surface area (Å²) in [6.45, 7) is 2.00. The number of benzene rings is 1. The number of rotatable bonds is 5. The van der Waals surface area contributed by atoms with E-state index in [2.05, 4.69) is 20.9 Å². The summed E-state index contributed by atoms with van der Waals surface area (Å²) < 4.78 is 19.1. The first-order valence-electron chi connectivity index (χ1n) is 6.72. The van der Waals surface area contributed by atoms with Crippen LogP contribution in [0.25, 0.3) is 0 Å². The van der Waals surface area contributed by atoms with Gasteiger partial charge in [-0.3, -0.25) is 4.98 Å². The highest BCUT2D eigenvalue weighted by atomic mass is 79.9. The topological polar surface area (TPSA) is 48.1 Å². The van der Waals surface area contributed by atoms with E-state index in [0.29, 0.717) is 18.5 Å². The molecule has 0 radical (unpaired) electrons. The van der Waals surface area contributed by atoms with E-state index in [1.165, 1.54) is 12.3 Å². The minimum absolute atomic E-state index is 0.357. The lowest BCUT2D eigenvalue weighted by Gasteiger charge is -2.28. The number of nitrogens with two attached hydrogens (primary N) is 1. The minimum atomic E-state index is -0.623. The molecule has 0 saturated carbocycles. The maximum atomic E-state index is 13.0. The van der Waals surface area contributed by atoms with Gasteiger partial charge < -0.3 is 10.5 Å². The van der Waals surface area contributed by atoms with Gasteiger partial charge in [-0.1, -0.05) is 13.0 Å². The van der Waals surface area contributed by atoms with Gasteiger partial charge in [-0.25, -0.2) is 4.39 Å². The van der Waals surface area contributed by atoms with Gasteiger partial charge in [0.25, 0.3) is 0 Å². The van der Waals surface area contributed by atoms with Gasteiger partial charge in [0, 0.05) is 0 Å². The highest BCUT2D eigenvalue weighted by Crippen LogP contribution is 2.30. The molecular formula is C16H18BrFN2O. The molecule has 0 spiro atoms. The Morgan fingerprint density at radius 2 is 2.10 bits per heavy atom. The van der Waals surface area contributed by atoms with Crippen LogP contribution in [-0.2, 0) is 12.0 Å². The summed E-state index contributed by atoms with van der Waals surface area (Å²) >= 11 is 3.47. The second-order valence-corrected chi connectivity index (χ2v) is 5.87. The van der Waals surface area contributed by atoms with Gasteiger partial charge in [-0.15, -0.1) is 0 Å². The zero-order valence-electron chi connectivity index (χ0n) is 12.1. The molecule has 2 N–H and O–H groups in total. The fraction of sp³-hybridized carbons (Fsp3) is 0.312. The van der Waals surface area contributed by atoms with Crippen LogP contribution in [0.1, 0.15) is 24.6 Å². The van der Waals surface area contributed by atoms with Gasteiger partial charge >= 0.3 is 0 Å². The van der Waals surface area contributed by atoms with Crippen molar-refractivity contribution >= 4 is 15.9 Å². The predicted octanol–water partition coefficient (Wildman–Crippen LogP) is 3.80. The standard InChI is InChI=1S/C16H18BrFN2O/c1-3-16(19,15-7-5-12(18)10-20-15)9-11-4-6-14(21-2)13(17)8-11/h4-8,10H,3,9,19H2,1-2H3. The number of hydrogen-bond donors (Lipinski definition) is 1. The average molecular weight is 353 g/mol. The Balaban J connectivity index is 2.29. The van der Waals surface area contributed by atoms with Crippen LogP contribution in [0, 0.1) is 5.82 Å². The monoisotopic (exact) mass is 352 g/mol. The number of hydrogen-bond acceptors (Lipinski definition) is 3. The van der Waals surface area contributed by atoms with E-state index in [9.17, 15) is 4.39 Å². The van der Waals surface area contributed by atoms with Crippen molar-refractivity contribution in [3.8, 4) is 5.75 Å². The van der Waals surface area contributed by atoms with Crippen LogP contribution >= 0.6 is 15.9 Å². The molecule has 1 atom stereocenters. The zero-order valence-corrected chi connectivity index (χ0v) is 13.7. The van der Waals surface area contributed by atoms with E-state index in [-0.39, 0.29) is 5.82 Å². The highest BCUT2D eigenvalue weighted by molar-refractivity contribution is 9.10. The van der Waals surface area contributed by atoms with E-state index in [4.69, 9.17) is 10.5 Å². The Morgan fingerprint density at radius 1 is 1.33 bits per heavy atom. The molecule has 1 aromatic carbocycles. The first-order chi connectivity index (χ1) is 9.98. The SMILES string of the molecule is CCC(N)(Cc1ccc(OC)c(Br)c1)c1ccc(F)cn1. The Kier molecular flexibility index (Phi) is 4.96. The fourth-order valence-corrected chi connectivity index (χ4v) is 2.84. The van der Waals surface area contributed by atoms with Gasteiger partial charge in [-0.05, 0) is 58.6 Å². The second-order valence-electron chi connectivity index (χ2n) is 5.02. The lowest BCUT2D eigenvalue weighted by atomic mass is 9.85. The summed E-state index contributed by atoms with van der Waals surface area (Å²) in [5, 5.41) is 0. The van der Waals surface area contributed by atoms with Crippen molar-refractivity contribution < 1.29 is 9.13 Å². The Labute approximate surface area is 132 Å². The highest BCUT2D eigenvalue weighted by Gasteiger charge is 2.27. The molecule has 5 heteroatoms. The molecule has 0 aliphatic heterocycles. The Hall–Kier alpha value is -1.46. The Bertz CT molecular complexity index is 618. The molecule has 0 aliphatic rings. The van der Waals surface area contributed by atoms with E-state index in [0.717, 1.165) is 15.8 Å². The Morgan fingerprint density at radius 3 is 2.62 bits per heavy atom. The predicted molar refractivity (Wildman–Crippen MR) is 84.7 cm³/mol. The van der Waals surface area contributed by atoms with Crippen molar-refractivity contribution in [3.05, 3.63) is 58.1 Å². The van der Waals surface area contributed by atoms with Crippen LogP contribution < -0.4 is 10.5 Å². The second kappa shape index (κ2) is 6.54. The zero-order chi connectivity index (χ0) is 15.5. The lowest BCUT2D eigenvalue weighted by molar-refractivity contribution is 0.405. The summed E-state index contributed by atoms with van der Waals surface area (Å²) in [5.41, 5.74) is 7.63. The van der Waals surface area contributed by atoms with E-state index in [1.807, 2.05) is 25.1 Å². The smallest absolute Gasteiger partial charge is 0.141 e. The summed E-state index contributed by atoms with van der Waals surface area (Å²) in [6.07, 6.45) is 2.52. The molecule has 112 valence electrons. The minimum Gasteiger partial charge on any atom is -0.496 e. The van der Waals surface area contributed by atoms with Gasteiger partial charge in [0.2, 0.25) is 0 Å². The molecule has 1 heterocycles. The first-order valence-corrected chi connectivity index (χ1v) is 7.51. The van der Waals surface area contributed by atoms with Crippen molar-refractivity contribution in [2.24, 2.45) is 5.73 Å². The van der Waals surface area contributed by atoms with Crippen LogP contribution in [0.5, 0.6) is 5.75 Å². The summed E-state index contributed by atoms with van der Waals surface area (Å²) in [5.74, 6) is 0.419. The fourth-order valence-electron chi connectivity index (χ4n) is 2.25. The molecule has 1 unspecified atom stereocenters. The van der Waals surface area contributed by atoms with Crippen LogP contribution in [-0.4, -0.2) is 12.1 Å². The largest absolute Gasteiger partial charge is 0.496 e. The molecule has 0 saturated heterocycles. The maximum absolute atomic E-state index is 13.0. The van der Waals surface area contributed by atoms with Crippen LogP contribution in [0.4, 0.5) is 4.39 Å². The van der Waals surface area contributed by atoms with Gasteiger partial charge in [0.1, 0.15) is 11.6 Å². The summed E-state index contributed by atoms with van der Waals surface area (Å²) in [7, 11) is 1.63. The number of methoxy groups -OCH3 is 1. The summed E-state index contributed by atoms with van der Waals surface area (Å²) in [6, 6.07) is 8.90. The third-order valence-electron chi connectivity index (χ3n) is 3.60. The van der Waals surface area contributed by atoms with Crippen molar-refractivity contribution in [2.45, 2.75) is 25.3 Å². The maximum Gasteiger partial charge on any atom is 0.141 e. The van der Waals surface area contributed by atoms with Gasteiger partial charge in [0.15, 0.2) is 0 Å². The molecule has 0 amide bonds. The quantitative estimate of drug-likeness (QED) is 0.890. The third-order valence-corrected chi connectivity index (χ3v) is 4.22. The number of ether oxygens (including phenoxy) is 1. The number of pyridine rings is 1. The average Bonchev–Trinajstić information content (AvgIpc) is 2.48. The van der Waals surface area contributed by atoms with Gasteiger partial charge in [0.05, 0.1) is 29.0 Å². The number of aromatic nitrogens is 1. The molecular weight excluding hydrogens is 335 g/mol. The van der Waals surface area contributed by atoms with E-state index >= 15 is 0 Å². The molecule has 0 fully saturated rings. The normalized spacial score (nSPS) is 13.8. The molecule has 3 nitrogen and oxygen atoms in total. The number of nitrogens with zero attached hydrogens (tertiary/aromatic N) is 1. The molecule has 2 rings (SSSR count). The summed E-state index contributed by atoms with van der Waals surface area (Å²) in [4.78, 5) is 4.14. The van der Waals surface area contributed by atoms with Crippen LogP contribution in [0.3, 0.4) is 0 Å². The molecule has 0 aliphatic carbocycles. The van der Waals surface area contributed by atoms with Crippen molar-refractivity contribution in [3.63, 3.8) is 0 Å². The van der Waals surface area contributed by atoms with Crippen LogP contribution in [0.15, 0.2) is 41.0 Å². The first kappa shape index (κ1) is 15.9. The van der Waals surface area contributed by atoms with Crippen molar-refractivity contribution in [1.29, 1.82) is 0 Å². The lowest BCUT2D eigenvalue weighted by Crippen LogP contribution is -2.39. The van der Waals surface area contributed by atoms with Gasteiger partial charge in [-0.2, -0.15) is 0 Å². The number of halogens is 2. The molecule has 21 heavy (non-hydrogen) atoms. The van der Waals surface area contributed by atoms with E-state index in [1.54, 1.807) is 13.2 Å². The van der Waals surface area contributed by atoms with Crippen LogP contribution in [0.2, 0.25) is 0 Å². The van der Waals surface area contributed by atoms with Crippen molar-refractivity contribution in [2.75, 3.05) is 7.11 Å². The van der Waals surface area contributed by atoms with Crippen molar-refractivity contribution in [1.82, 2.24) is 4.98 Å². The van der Waals surface area contributed by atoms with E-state index < -0.39 is 5.54 Å². The third kappa shape index (κ3) is 3.60. The molecule has 0 bridgehead atoms. The molecule has 2 aromatic rings.